The summed E-state index contributed by atoms with van der Waals surface area (Å²) in [5.41, 5.74) is 2.32. The van der Waals surface area contributed by atoms with E-state index < -0.39 is 0 Å². The molecule has 2 rings (SSSR count). The number of para-hydroxylation sites is 1. The van der Waals surface area contributed by atoms with Crippen LogP contribution in [0.25, 0.3) is 0 Å². The van der Waals surface area contributed by atoms with Crippen molar-refractivity contribution < 1.29 is 4.39 Å². The molecule has 1 heterocycles. The molecule has 3 nitrogen and oxygen atoms in total. The number of benzene rings is 1. The summed E-state index contributed by atoms with van der Waals surface area (Å²) in [6.45, 7) is 3.57. The van der Waals surface area contributed by atoms with E-state index in [0.29, 0.717) is 21.9 Å². The van der Waals surface area contributed by atoms with Crippen molar-refractivity contribution in [2.45, 2.75) is 13.8 Å². The molecule has 0 saturated heterocycles. The van der Waals surface area contributed by atoms with Gasteiger partial charge in [-0.3, -0.25) is 0 Å². The number of nitrogens with one attached hydrogen (secondary N) is 1. The Labute approximate surface area is 103 Å². The zero-order chi connectivity index (χ0) is 12.4. The summed E-state index contributed by atoms with van der Waals surface area (Å²) in [7, 11) is 0. The minimum atomic E-state index is -0.333. The Morgan fingerprint density at radius 2 is 2.18 bits per heavy atom. The molecular formula is C12H10FN3S. The Bertz CT molecular complexity index is 578. The first-order valence-corrected chi connectivity index (χ1v) is 5.79. The molecule has 1 aromatic carbocycles. The van der Waals surface area contributed by atoms with Gasteiger partial charge in [0.25, 0.3) is 0 Å². The largest absolute Gasteiger partial charge is 0.342 e. The number of rotatable bonds is 2. The van der Waals surface area contributed by atoms with Crippen LogP contribution >= 0.6 is 11.5 Å². The second-order valence-electron chi connectivity index (χ2n) is 3.64. The second-order valence-corrected chi connectivity index (χ2v) is 4.41. The zero-order valence-electron chi connectivity index (χ0n) is 9.41. The van der Waals surface area contributed by atoms with Crippen molar-refractivity contribution in [2.24, 2.45) is 0 Å². The Hall–Kier alpha value is -1.93. The molecule has 1 N–H and O–H groups in total. The van der Waals surface area contributed by atoms with Gasteiger partial charge in [0.1, 0.15) is 22.5 Å². The second kappa shape index (κ2) is 4.52. The molecule has 1 aromatic heterocycles. The highest BCUT2D eigenvalue weighted by Crippen LogP contribution is 2.30. The number of hydrogen-bond acceptors (Lipinski definition) is 4. The Morgan fingerprint density at radius 3 is 2.82 bits per heavy atom. The first-order chi connectivity index (χ1) is 8.13. The van der Waals surface area contributed by atoms with E-state index in [1.165, 1.54) is 6.07 Å². The molecule has 0 aliphatic heterocycles. The van der Waals surface area contributed by atoms with Gasteiger partial charge in [0.15, 0.2) is 0 Å². The predicted molar refractivity (Wildman–Crippen MR) is 66.0 cm³/mol. The van der Waals surface area contributed by atoms with Crippen molar-refractivity contribution in [3.63, 3.8) is 0 Å². The SMILES string of the molecule is Cc1cccc(F)c1Nc1snc(C)c1C#N. The lowest BCUT2D eigenvalue weighted by Crippen LogP contribution is -1.96. The average molecular weight is 247 g/mol. The highest BCUT2D eigenvalue weighted by atomic mass is 32.1. The smallest absolute Gasteiger partial charge is 0.146 e. The van der Waals surface area contributed by atoms with E-state index in [4.69, 9.17) is 5.26 Å². The molecule has 0 aliphatic rings. The van der Waals surface area contributed by atoms with Crippen molar-refractivity contribution in [2.75, 3.05) is 5.32 Å². The van der Waals surface area contributed by atoms with Crippen LogP contribution in [0.15, 0.2) is 18.2 Å². The molecule has 0 amide bonds. The molecule has 0 aliphatic carbocycles. The van der Waals surface area contributed by atoms with Gasteiger partial charge in [-0.1, -0.05) is 12.1 Å². The monoisotopic (exact) mass is 247 g/mol. The van der Waals surface area contributed by atoms with E-state index in [2.05, 4.69) is 15.8 Å². The van der Waals surface area contributed by atoms with Crippen molar-refractivity contribution in [1.29, 1.82) is 5.26 Å². The van der Waals surface area contributed by atoms with E-state index >= 15 is 0 Å². The molecule has 86 valence electrons. The minimum absolute atomic E-state index is 0.333. The van der Waals surface area contributed by atoms with Gasteiger partial charge in [-0.05, 0) is 37.0 Å². The molecule has 0 atom stereocenters. The number of aryl methyl sites for hydroxylation is 2. The Morgan fingerprint density at radius 1 is 1.41 bits per heavy atom. The van der Waals surface area contributed by atoms with Gasteiger partial charge in [-0.2, -0.15) is 9.64 Å². The van der Waals surface area contributed by atoms with E-state index in [0.717, 1.165) is 17.1 Å². The van der Waals surface area contributed by atoms with Gasteiger partial charge in [0, 0.05) is 0 Å². The standard InChI is InChI=1S/C12H10FN3S/c1-7-4-3-5-10(13)11(7)15-12-9(6-14)8(2)16-17-12/h3-5,15H,1-2H3. The first kappa shape index (κ1) is 11.6. The van der Waals surface area contributed by atoms with E-state index in [1.54, 1.807) is 13.0 Å². The van der Waals surface area contributed by atoms with Crippen LogP contribution in [0.2, 0.25) is 0 Å². The van der Waals surface area contributed by atoms with Gasteiger partial charge in [-0.25, -0.2) is 4.39 Å². The van der Waals surface area contributed by atoms with Crippen LogP contribution in [0, 0.1) is 31.0 Å². The summed E-state index contributed by atoms with van der Waals surface area (Å²) in [4.78, 5) is 0. The molecule has 0 spiro atoms. The molecule has 0 saturated carbocycles. The highest BCUT2D eigenvalue weighted by molar-refractivity contribution is 7.10. The highest BCUT2D eigenvalue weighted by Gasteiger charge is 2.13. The van der Waals surface area contributed by atoms with Crippen LogP contribution in [0.4, 0.5) is 15.1 Å². The number of nitrogens with zero attached hydrogens (tertiary/aromatic N) is 2. The third kappa shape index (κ3) is 2.12. The van der Waals surface area contributed by atoms with Crippen molar-refractivity contribution in [1.82, 2.24) is 4.37 Å². The number of hydrogen-bond donors (Lipinski definition) is 1. The third-order valence-electron chi connectivity index (χ3n) is 2.44. The molecular weight excluding hydrogens is 237 g/mol. The van der Waals surface area contributed by atoms with Gasteiger partial charge < -0.3 is 5.32 Å². The van der Waals surface area contributed by atoms with Crippen LogP contribution in [-0.4, -0.2) is 4.37 Å². The van der Waals surface area contributed by atoms with Gasteiger partial charge in [-0.15, -0.1) is 0 Å². The molecule has 0 unspecified atom stereocenters. The van der Waals surface area contributed by atoms with Crippen molar-refractivity contribution in [3.05, 3.63) is 40.8 Å². The van der Waals surface area contributed by atoms with E-state index in [1.807, 2.05) is 13.0 Å². The average Bonchev–Trinajstić information content (AvgIpc) is 2.64. The lowest BCUT2D eigenvalue weighted by molar-refractivity contribution is 0.631. The predicted octanol–water partition coefficient (Wildman–Crippen LogP) is 3.51. The summed E-state index contributed by atoms with van der Waals surface area (Å²) in [6, 6.07) is 6.91. The van der Waals surface area contributed by atoms with Gasteiger partial charge in [0.2, 0.25) is 0 Å². The first-order valence-electron chi connectivity index (χ1n) is 5.02. The van der Waals surface area contributed by atoms with Crippen LogP contribution in [-0.2, 0) is 0 Å². The summed E-state index contributed by atoms with van der Waals surface area (Å²) >= 11 is 1.16. The molecule has 2 aromatic rings. The van der Waals surface area contributed by atoms with Crippen LogP contribution in [0.5, 0.6) is 0 Å². The van der Waals surface area contributed by atoms with Crippen molar-refractivity contribution in [3.8, 4) is 6.07 Å². The topological polar surface area (TPSA) is 48.7 Å². The van der Waals surface area contributed by atoms with Crippen molar-refractivity contribution >= 4 is 22.2 Å². The molecule has 17 heavy (non-hydrogen) atoms. The fourth-order valence-corrected chi connectivity index (χ4v) is 2.24. The fourth-order valence-electron chi connectivity index (χ4n) is 1.49. The van der Waals surface area contributed by atoms with Gasteiger partial charge >= 0.3 is 0 Å². The molecule has 5 heteroatoms. The Kier molecular flexibility index (Phi) is 3.07. The number of nitriles is 1. The normalized spacial score (nSPS) is 10.0. The zero-order valence-corrected chi connectivity index (χ0v) is 10.2. The van der Waals surface area contributed by atoms with Crippen LogP contribution < -0.4 is 5.32 Å². The summed E-state index contributed by atoms with van der Waals surface area (Å²) in [6.07, 6.45) is 0. The van der Waals surface area contributed by atoms with E-state index in [9.17, 15) is 4.39 Å². The lowest BCUT2D eigenvalue weighted by Gasteiger charge is -2.08. The number of aromatic nitrogens is 1. The molecule has 0 bridgehead atoms. The van der Waals surface area contributed by atoms with Gasteiger partial charge in [0.05, 0.1) is 11.4 Å². The van der Waals surface area contributed by atoms with Crippen LogP contribution in [0.3, 0.4) is 0 Å². The summed E-state index contributed by atoms with van der Waals surface area (Å²) in [5.74, 6) is -0.333. The van der Waals surface area contributed by atoms with E-state index in [-0.39, 0.29) is 5.82 Å². The quantitative estimate of drug-likeness (QED) is 0.883. The Balaban J connectivity index is 2.42. The molecule has 0 fully saturated rings. The maximum atomic E-state index is 13.6. The maximum absolute atomic E-state index is 13.6. The molecule has 0 radical (unpaired) electrons. The number of anilines is 2. The summed E-state index contributed by atoms with van der Waals surface area (Å²) in [5, 5.41) is 12.5. The lowest BCUT2D eigenvalue weighted by atomic mass is 10.2. The van der Waals surface area contributed by atoms with Crippen LogP contribution in [0.1, 0.15) is 16.8 Å². The minimum Gasteiger partial charge on any atom is -0.342 e. The number of halogens is 1. The third-order valence-corrected chi connectivity index (χ3v) is 3.29. The summed E-state index contributed by atoms with van der Waals surface area (Å²) < 4.78 is 17.7. The maximum Gasteiger partial charge on any atom is 0.146 e. The fraction of sp³-hybridized carbons (Fsp3) is 0.167.